The number of Topliss-reactive ketones (excluding diaryl/α,β-unsaturated/α-hetero) is 1. The van der Waals surface area contributed by atoms with E-state index in [1.165, 1.54) is 11.1 Å². The van der Waals surface area contributed by atoms with Crippen LogP contribution in [-0.2, 0) is 16.1 Å². The molecule has 196 valence electrons. The van der Waals surface area contributed by atoms with Gasteiger partial charge in [-0.05, 0) is 78.8 Å². The smallest absolute Gasteiger partial charge is 0.270 e. The molecule has 0 spiro atoms. The van der Waals surface area contributed by atoms with Crippen molar-refractivity contribution in [2.45, 2.75) is 38.1 Å². The Kier molecular flexibility index (Phi) is 7.77. The molecule has 1 amide bonds. The fraction of sp³-hybridized carbons (Fsp3) is 0.323. The lowest BCUT2D eigenvalue weighted by atomic mass is 9.81. The van der Waals surface area contributed by atoms with Gasteiger partial charge in [-0.2, -0.15) is 0 Å². The Morgan fingerprint density at radius 1 is 1.03 bits per heavy atom. The fourth-order valence-corrected chi connectivity index (χ4v) is 5.77. The number of anilines is 1. The molecule has 6 nitrogen and oxygen atoms in total. The summed E-state index contributed by atoms with van der Waals surface area (Å²) in [5.74, 6) is 0.313. The quantitative estimate of drug-likeness (QED) is 0.272. The second-order valence-electron chi connectivity index (χ2n) is 10.4. The van der Waals surface area contributed by atoms with Crippen LogP contribution in [0.1, 0.15) is 53.9 Å². The molecule has 0 aromatic heterocycles. The molecule has 38 heavy (non-hydrogen) atoms. The maximum Gasteiger partial charge on any atom is 0.270 e. The van der Waals surface area contributed by atoms with Gasteiger partial charge in [0.15, 0.2) is 0 Å². The van der Waals surface area contributed by atoms with Crippen LogP contribution in [0.2, 0.25) is 0 Å². The van der Waals surface area contributed by atoms with Crippen LogP contribution in [0.25, 0.3) is 0 Å². The average Bonchev–Trinajstić information content (AvgIpc) is 3.67. The minimum absolute atomic E-state index is 0.0648. The van der Waals surface area contributed by atoms with Crippen LogP contribution in [-0.4, -0.2) is 42.4 Å². The van der Waals surface area contributed by atoms with Crippen molar-refractivity contribution in [1.29, 1.82) is 0 Å². The number of carbonyl (C=O) groups excluding carboxylic acids is 2. The number of aliphatic imine (C=N–C) groups is 1. The van der Waals surface area contributed by atoms with Crippen LogP contribution in [0.3, 0.4) is 0 Å². The van der Waals surface area contributed by atoms with Gasteiger partial charge in [0.1, 0.15) is 11.5 Å². The Labute approximate surface area is 232 Å². The first-order valence-electron chi connectivity index (χ1n) is 13.1. The lowest BCUT2D eigenvalue weighted by molar-refractivity contribution is -0.120. The first-order valence-corrected chi connectivity index (χ1v) is 13.9. The van der Waals surface area contributed by atoms with E-state index in [1.807, 2.05) is 36.4 Å². The maximum absolute atomic E-state index is 13.0. The fourth-order valence-electron chi connectivity index (χ4n) is 5.50. The van der Waals surface area contributed by atoms with Gasteiger partial charge in [0.2, 0.25) is 0 Å². The number of nitrogens with two attached hydrogens (primary N) is 1. The Bertz CT molecular complexity index is 1370. The van der Waals surface area contributed by atoms with E-state index in [0.29, 0.717) is 28.6 Å². The molecule has 1 heterocycles. The van der Waals surface area contributed by atoms with Crippen LogP contribution in [0.15, 0.2) is 76.2 Å². The summed E-state index contributed by atoms with van der Waals surface area (Å²) in [5, 5.41) is 2.72. The summed E-state index contributed by atoms with van der Waals surface area (Å²) in [6.45, 7) is 4.04. The van der Waals surface area contributed by atoms with Crippen molar-refractivity contribution in [3.05, 3.63) is 93.5 Å². The molecule has 3 aromatic rings. The normalized spacial score (nSPS) is 19.9. The highest BCUT2D eigenvalue weighted by molar-refractivity contribution is 9.10. The van der Waals surface area contributed by atoms with Crippen molar-refractivity contribution in [2.75, 3.05) is 25.9 Å². The third-order valence-electron chi connectivity index (χ3n) is 7.60. The Hall–Kier alpha value is -3.29. The molecule has 2 fully saturated rings. The van der Waals surface area contributed by atoms with Crippen LogP contribution >= 0.6 is 15.9 Å². The minimum Gasteiger partial charge on any atom is -0.398 e. The zero-order valence-electron chi connectivity index (χ0n) is 21.8. The number of hydrogen-bond acceptors (Lipinski definition) is 5. The van der Waals surface area contributed by atoms with Gasteiger partial charge in [-0.1, -0.05) is 46.3 Å². The molecule has 1 aliphatic heterocycles. The number of benzene rings is 3. The van der Waals surface area contributed by atoms with E-state index in [9.17, 15) is 9.59 Å². The zero-order chi connectivity index (χ0) is 26.8. The van der Waals surface area contributed by atoms with Gasteiger partial charge in [-0.25, -0.2) is 4.99 Å². The van der Waals surface area contributed by atoms with E-state index in [-0.39, 0.29) is 23.5 Å². The van der Waals surface area contributed by atoms with E-state index in [4.69, 9.17) is 10.7 Å². The molecule has 3 N–H and O–H groups in total. The van der Waals surface area contributed by atoms with Crippen molar-refractivity contribution in [2.24, 2.45) is 10.9 Å². The standard InChI is InChI=1S/C31H33BrN4O2/c1-19(37)27-17-36(16-20-6-4-3-5-7-20)18-28(27)25-15-29(33)26(14-24(25)21-8-9-21)30(31(38)34-2)35-23-12-10-22(32)11-13-23/h3-7,10-15,21,27-28H,8-9,16-18,33H2,1-2H3,(H,34,38). The second kappa shape index (κ2) is 11.2. The molecule has 2 aliphatic rings. The summed E-state index contributed by atoms with van der Waals surface area (Å²) in [4.78, 5) is 32.8. The molecule has 0 bridgehead atoms. The number of likely N-dealkylation sites (tertiary alicyclic amines) is 1. The van der Waals surface area contributed by atoms with Gasteiger partial charge >= 0.3 is 0 Å². The molecular weight excluding hydrogens is 540 g/mol. The molecular formula is C31H33BrN4O2. The lowest BCUT2D eigenvalue weighted by Gasteiger charge is -2.23. The molecule has 1 saturated carbocycles. The van der Waals surface area contributed by atoms with Gasteiger partial charge < -0.3 is 11.1 Å². The monoisotopic (exact) mass is 572 g/mol. The predicted octanol–water partition coefficient (Wildman–Crippen LogP) is 5.58. The Morgan fingerprint density at radius 3 is 2.37 bits per heavy atom. The first-order chi connectivity index (χ1) is 18.3. The number of rotatable bonds is 8. The maximum atomic E-state index is 13.0. The molecule has 0 radical (unpaired) electrons. The van der Waals surface area contributed by atoms with Crippen molar-refractivity contribution < 1.29 is 9.59 Å². The van der Waals surface area contributed by atoms with Crippen LogP contribution in [0.5, 0.6) is 0 Å². The second-order valence-corrected chi connectivity index (χ2v) is 11.3. The highest BCUT2D eigenvalue weighted by Crippen LogP contribution is 2.47. The van der Waals surface area contributed by atoms with Crippen molar-refractivity contribution in [1.82, 2.24) is 10.2 Å². The molecule has 1 aliphatic carbocycles. The lowest BCUT2D eigenvalue weighted by Crippen LogP contribution is -2.29. The number of nitrogens with one attached hydrogen (secondary N) is 1. The van der Waals surface area contributed by atoms with Gasteiger partial charge in [0, 0.05) is 54.2 Å². The molecule has 7 heteroatoms. The largest absolute Gasteiger partial charge is 0.398 e. The summed E-state index contributed by atoms with van der Waals surface area (Å²) in [6.07, 6.45) is 2.20. The van der Waals surface area contributed by atoms with Gasteiger partial charge in [-0.15, -0.1) is 0 Å². The number of hydrogen-bond donors (Lipinski definition) is 2. The van der Waals surface area contributed by atoms with E-state index < -0.39 is 0 Å². The summed E-state index contributed by atoms with van der Waals surface area (Å²) >= 11 is 3.45. The van der Waals surface area contributed by atoms with Crippen molar-refractivity contribution >= 4 is 44.7 Å². The van der Waals surface area contributed by atoms with E-state index in [2.05, 4.69) is 56.5 Å². The Balaban J connectivity index is 1.53. The highest BCUT2D eigenvalue weighted by atomic mass is 79.9. The van der Waals surface area contributed by atoms with Crippen LogP contribution in [0.4, 0.5) is 11.4 Å². The van der Waals surface area contributed by atoms with Crippen molar-refractivity contribution in [3.63, 3.8) is 0 Å². The zero-order valence-corrected chi connectivity index (χ0v) is 23.4. The average molecular weight is 574 g/mol. The number of amides is 1. The Morgan fingerprint density at radius 2 is 1.74 bits per heavy atom. The molecule has 1 saturated heterocycles. The molecule has 5 rings (SSSR count). The minimum atomic E-state index is -0.286. The first kappa shape index (κ1) is 26.3. The van der Waals surface area contributed by atoms with Crippen molar-refractivity contribution in [3.8, 4) is 0 Å². The number of carbonyl (C=O) groups is 2. The van der Waals surface area contributed by atoms with Crippen LogP contribution < -0.4 is 11.1 Å². The number of ketones is 1. The third kappa shape index (κ3) is 5.74. The summed E-state index contributed by atoms with van der Waals surface area (Å²) in [7, 11) is 1.60. The SMILES string of the molecule is CNC(=O)C(=Nc1ccc(Br)cc1)c1cc(C2CC2)c(C2CN(Cc3ccccc3)CC2C(C)=O)cc1N. The van der Waals surface area contributed by atoms with Crippen LogP contribution in [0, 0.1) is 5.92 Å². The van der Waals surface area contributed by atoms with E-state index in [1.54, 1.807) is 14.0 Å². The molecule has 2 unspecified atom stereocenters. The molecule has 3 aromatic carbocycles. The van der Waals surface area contributed by atoms with Gasteiger partial charge in [0.25, 0.3) is 5.91 Å². The topological polar surface area (TPSA) is 87.8 Å². The molecule has 2 atom stereocenters. The summed E-state index contributed by atoms with van der Waals surface area (Å²) < 4.78 is 0.940. The van der Waals surface area contributed by atoms with Gasteiger partial charge in [0.05, 0.1) is 5.69 Å². The number of likely N-dealkylation sites (N-methyl/N-ethyl adjacent to an activating group) is 1. The predicted molar refractivity (Wildman–Crippen MR) is 156 cm³/mol. The summed E-state index contributed by atoms with van der Waals surface area (Å²) in [6, 6.07) is 22.0. The van der Waals surface area contributed by atoms with E-state index in [0.717, 1.165) is 42.5 Å². The summed E-state index contributed by atoms with van der Waals surface area (Å²) in [5.41, 5.74) is 12.4. The van der Waals surface area contributed by atoms with E-state index >= 15 is 0 Å². The highest BCUT2D eigenvalue weighted by Gasteiger charge is 2.40. The number of nitrogens with zero attached hydrogens (tertiary/aromatic N) is 2. The van der Waals surface area contributed by atoms with Gasteiger partial charge in [-0.3, -0.25) is 14.5 Å². The number of nitrogen functional groups attached to an aromatic ring is 1. The third-order valence-corrected chi connectivity index (χ3v) is 8.13. The number of halogens is 1.